The Morgan fingerprint density at radius 1 is 1.20 bits per heavy atom. The third-order valence-electron chi connectivity index (χ3n) is 6.47. The Kier molecular flexibility index (Phi) is 4.66. The van der Waals surface area contributed by atoms with Crippen LogP contribution in [0.2, 0.25) is 10.0 Å². The smallest absolute Gasteiger partial charge is 0.223 e. The summed E-state index contributed by atoms with van der Waals surface area (Å²) in [6.45, 7) is 0.581. The van der Waals surface area contributed by atoms with Crippen molar-refractivity contribution in [2.45, 2.75) is 55.8 Å². The Bertz CT molecular complexity index is 693. The molecule has 0 heterocycles. The van der Waals surface area contributed by atoms with Gasteiger partial charge in [-0.1, -0.05) is 45.2 Å². The van der Waals surface area contributed by atoms with Crippen LogP contribution in [0.3, 0.4) is 0 Å². The molecule has 1 aromatic carbocycles. The first-order valence-electron chi connectivity index (χ1n) is 9.13. The van der Waals surface area contributed by atoms with Crippen molar-refractivity contribution in [2.24, 2.45) is 17.3 Å². The van der Waals surface area contributed by atoms with E-state index < -0.39 is 0 Å². The summed E-state index contributed by atoms with van der Waals surface area (Å²) in [7, 11) is 1.90. The maximum atomic E-state index is 12.9. The normalized spacial score (nSPS) is 35.8. The molecule has 2 nitrogen and oxygen atoms in total. The van der Waals surface area contributed by atoms with Crippen molar-refractivity contribution in [3.8, 4) is 0 Å². The van der Waals surface area contributed by atoms with Crippen LogP contribution in [0.4, 0.5) is 0 Å². The Labute approximate surface area is 168 Å². The van der Waals surface area contributed by atoms with Crippen LogP contribution in [0.5, 0.6) is 0 Å². The number of halogens is 3. The highest BCUT2D eigenvalue weighted by Crippen LogP contribution is 2.65. The van der Waals surface area contributed by atoms with E-state index in [0.29, 0.717) is 27.3 Å². The zero-order chi connectivity index (χ0) is 17.8. The Morgan fingerprint density at radius 3 is 2.48 bits per heavy atom. The van der Waals surface area contributed by atoms with E-state index in [0.717, 1.165) is 17.4 Å². The number of benzene rings is 1. The Balaban J connectivity index is 1.44. The maximum Gasteiger partial charge on any atom is 0.223 e. The SMILES string of the molecule is CN(Cc1ccc(Cl)c(Cl)c1)C(=O)CC12C[C@H]3C[C@@H](CC(Br)(C3)C1)C2. The fourth-order valence-electron chi connectivity index (χ4n) is 6.00. The molecular weight excluding hydrogens is 421 g/mol. The minimum Gasteiger partial charge on any atom is -0.341 e. The molecule has 4 saturated carbocycles. The van der Waals surface area contributed by atoms with Crippen LogP contribution in [0.25, 0.3) is 0 Å². The van der Waals surface area contributed by atoms with Crippen LogP contribution >= 0.6 is 39.1 Å². The number of carbonyl (C=O) groups is 1. The van der Waals surface area contributed by atoms with Crippen molar-refractivity contribution in [2.75, 3.05) is 7.05 Å². The fraction of sp³-hybridized carbons (Fsp3) is 0.650. The summed E-state index contributed by atoms with van der Waals surface area (Å²) >= 11 is 16.1. The monoisotopic (exact) mass is 443 g/mol. The summed E-state index contributed by atoms with van der Waals surface area (Å²) in [5.74, 6) is 1.88. The van der Waals surface area contributed by atoms with Gasteiger partial charge in [0, 0.05) is 24.3 Å². The van der Waals surface area contributed by atoms with E-state index in [4.69, 9.17) is 23.2 Å². The molecule has 2 atom stereocenters. The van der Waals surface area contributed by atoms with Crippen LogP contribution in [0, 0.1) is 17.3 Å². The first-order chi connectivity index (χ1) is 11.8. The highest BCUT2D eigenvalue weighted by Gasteiger charge is 2.57. The van der Waals surface area contributed by atoms with Gasteiger partial charge < -0.3 is 4.90 Å². The van der Waals surface area contributed by atoms with Crippen molar-refractivity contribution >= 4 is 45.0 Å². The molecule has 4 fully saturated rings. The first kappa shape index (κ1) is 18.1. The van der Waals surface area contributed by atoms with Gasteiger partial charge in [0.25, 0.3) is 0 Å². The zero-order valence-electron chi connectivity index (χ0n) is 14.5. The van der Waals surface area contributed by atoms with Gasteiger partial charge in [-0.25, -0.2) is 0 Å². The van der Waals surface area contributed by atoms with Gasteiger partial charge in [0.1, 0.15) is 0 Å². The molecule has 5 heteroatoms. The molecule has 5 rings (SSSR count). The average Bonchev–Trinajstić information content (AvgIpc) is 2.48. The molecular formula is C20H24BrCl2NO. The number of hydrogen-bond donors (Lipinski definition) is 0. The van der Waals surface area contributed by atoms with Crippen molar-refractivity contribution < 1.29 is 4.79 Å². The number of rotatable bonds is 4. The third kappa shape index (κ3) is 3.61. The number of alkyl halides is 1. The molecule has 4 aliphatic rings. The highest BCUT2D eigenvalue weighted by molar-refractivity contribution is 9.10. The minimum atomic E-state index is 0.219. The van der Waals surface area contributed by atoms with E-state index in [1.54, 1.807) is 6.07 Å². The second-order valence-electron chi connectivity index (χ2n) is 8.79. The fourth-order valence-corrected chi connectivity index (χ4v) is 7.83. The zero-order valence-corrected chi connectivity index (χ0v) is 17.6. The summed E-state index contributed by atoms with van der Waals surface area (Å²) in [5, 5.41) is 1.10. The topological polar surface area (TPSA) is 20.3 Å². The number of amides is 1. The average molecular weight is 445 g/mol. The van der Waals surface area contributed by atoms with Gasteiger partial charge in [0.15, 0.2) is 0 Å². The first-order valence-corrected chi connectivity index (χ1v) is 10.7. The van der Waals surface area contributed by atoms with E-state index in [-0.39, 0.29) is 11.3 Å². The van der Waals surface area contributed by atoms with Gasteiger partial charge >= 0.3 is 0 Å². The molecule has 4 bridgehead atoms. The van der Waals surface area contributed by atoms with E-state index in [2.05, 4.69) is 15.9 Å². The maximum absolute atomic E-state index is 12.9. The molecule has 0 radical (unpaired) electrons. The largest absolute Gasteiger partial charge is 0.341 e. The molecule has 0 spiro atoms. The van der Waals surface area contributed by atoms with Crippen LogP contribution in [-0.4, -0.2) is 22.2 Å². The second kappa shape index (κ2) is 6.42. The number of nitrogens with zero attached hydrogens (tertiary/aromatic N) is 1. The molecule has 0 unspecified atom stereocenters. The summed E-state index contributed by atoms with van der Waals surface area (Å²) in [6.07, 6.45) is 8.32. The van der Waals surface area contributed by atoms with E-state index in [1.807, 2.05) is 24.1 Å². The third-order valence-corrected chi connectivity index (χ3v) is 8.13. The summed E-state index contributed by atoms with van der Waals surface area (Å²) in [4.78, 5) is 14.8. The van der Waals surface area contributed by atoms with E-state index in [1.165, 1.54) is 38.5 Å². The van der Waals surface area contributed by atoms with Gasteiger partial charge in [0.2, 0.25) is 5.91 Å². The molecule has 0 aromatic heterocycles. The molecule has 1 aromatic rings. The molecule has 0 saturated heterocycles. The molecule has 0 N–H and O–H groups in total. The molecule has 1 amide bonds. The van der Waals surface area contributed by atoms with Crippen molar-refractivity contribution in [3.05, 3.63) is 33.8 Å². The number of carbonyl (C=O) groups excluding carboxylic acids is 1. The quantitative estimate of drug-likeness (QED) is 0.515. The van der Waals surface area contributed by atoms with Crippen LogP contribution in [-0.2, 0) is 11.3 Å². The lowest BCUT2D eigenvalue weighted by atomic mass is 9.48. The Morgan fingerprint density at radius 2 is 1.88 bits per heavy atom. The lowest BCUT2D eigenvalue weighted by Crippen LogP contribution is -2.54. The molecule has 0 aliphatic heterocycles. The lowest BCUT2D eigenvalue weighted by Gasteiger charge is -2.60. The predicted molar refractivity (Wildman–Crippen MR) is 106 cm³/mol. The van der Waals surface area contributed by atoms with Gasteiger partial charge in [-0.05, 0) is 73.5 Å². The summed E-state index contributed by atoms with van der Waals surface area (Å²) in [5.41, 5.74) is 1.24. The van der Waals surface area contributed by atoms with Gasteiger partial charge in [-0.15, -0.1) is 0 Å². The highest BCUT2D eigenvalue weighted by atomic mass is 79.9. The van der Waals surface area contributed by atoms with Crippen LogP contribution < -0.4 is 0 Å². The standard InChI is InChI=1S/C20H24BrCl2NO/c1-24(11-13-2-3-16(22)17(23)5-13)18(25)10-19-6-14-4-15(7-19)9-20(21,8-14)12-19/h2-3,5,14-15H,4,6-12H2,1H3/t14-,15-,19?,20?/m1/s1. The molecule has 4 aliphatic carbocycles. The summed E-state index contributed by atoms with van der Waals surface area (Å²) in [6, 6.07) is 5.59. The predicted octanol–water partition coefficient (Wildman–Crippen LogP) is 6.08. The molecule has 25 heavy (non-hydrogen) atoms. The van der Waals surface area contributed by atoms with Crippen molar-refractivity contribution in [1.82, 2.24) is 4.90 Å². The van der Waals surface area contributed by atoms with E-state index >= 15 is 0 Å². The lowest BCUT2D eigenvalue weighted by molar-refractivity contribution is -0.137. The van der Waals surface area contributed by atoms with Gasteiger partial charge in [-0.3, -0.25) is 4.79 Å². The Hall–Kier alpha value is -0.250. The summed E-state index contributed by atoms with van der Waals surface area (Å²) < 4.78 is 0.305. The minimum absolute atomic E-state index is 0.219. The van der Waals surface area contributed by atoms with E-state index in [9.17, 15) is 4.79 Å². The van der Waals surface area contributed by atoms with Crippen molar-refractivity contribution in [3.63, 3.8) is 0 Å². The van der Waals surface area contributed by atoms with Crippen molar-refractivity contribution in [1.29, 1.82) is 0 Å². The number of hydrogen-bond acceptors (Lipinski definition) is 1. The molecule has 136 valence electrons. The van der Waals surface area contributed by atoms with Gasteiger partial charge in [-0.2, -0.15) is 0 Å². The second-order valence-corrected chi connectivity index (χ2v) is 11.3. The van der Waals surface area contributed by atoms with Gasteiger partial charge in [0.05, 0.1) is 10.0 Å². The van der Waals surface area contributed by atoms with Crippen LogP contribution in [0.15, 0.2) is 18.2 Å². The van der Waals surface area contributed by atoms with Crippen LogP contribution in [0.1, 0.15) is 50.5 Å².